The molecule has 1 fully saturated rings. The van der Waals surface area contributed by atoms with Crippen LogP contribution in [-0.2, 0) is 16.0 Å². The van der Waals surface area contributed by atoms with Crippen LogP contribution >= 0.6 is 11.3 Å². The van der Waals surface area contributed by atoms with Gasteiger partial charge in [-0.2, -0.15) is 0 Å². The molecule has 1 N–H and O–H groups in total. The predicted molar refractivity (Wildman–Crippen MR) is 62.2 cm³/mol. The molecule has 1 aromatic rings. The summed E-state index contributed by atoms with van der Waals surface area (Å²) < 4.78 is 0. The van der Waals surface area contributed by atoms with Crippen LogP contribution in [0.1, 0.15) is 11.3 Å². The fraction of sp³-hybridized carbons (Fsp3) is 0.455. The molecule has 2 rings (SSSR count). The van der Waals surface area contributed by atoms with Gasteiger partial charge in [0.05, 0.1) is 13.0 Å². The predicted octanol–water partition coefficient (Wildman–Crippen LogP) is 0.639. The third-order valence-corrected chi connectivity index (χ3v) is 3.40. The lowest BCUT2D eigenvalue weighted by atomic mass is 10.3. The molecule has 0 spiro atoms. The standard InChI is InChI=1S/C11H14N2O2S/c14-10-8-13(5-2-4-12-10)11(15)7-9-3-1-6-16-9/h1,3,6H,2,4-5,7-8H2,(H,12,14). The summed E-state index contributed by atoms with van der Waals surface area (Å²) in [5, 5.41) is 4.71. The van der Waals surface area contributed by atoms with Gasteiger partial charge in [0.15, 0.2) is 0 Å². The average Bonchev–Trinajstić information content (AvgIpc) is 2.65. The molecule has 1 aromatic heterocycles. The Labute approximate surface area is 98.3 Å². The number of hydrogen-bond acceptors (Lipinski definition) is 3. The highest BCUT2D eigenvalue weighted by Crippen LogP contribution is 2.11. The van der Waals surface area contributed by atoms with E-state index < -0.39 is 0 Å². The zero-order valence-electron chi connectivity index (χ0n) is 8.94. The minimum Gasteiger partial charge on any atom is -0.354 e. The van der Waals surface area contributed by atoms with Crippen molar-refractivity contribution in [3.63, 3.8) is 0 Å². The molecular formula is C11H14N2O2S. The zero-order valence-corrected chi connectivity index (χ0v) is 9.76. The summed E-state index contributed by atoms with van der Waals surface area (Å²) in [5.74, 6) is -0.0171. The molecule has 16 heavy (non-hydrogen) atoms. The smallest absolute Gasteiger partial charge is 0.239 e. The molecule has 0 saturated carbocycles. The molecule has 2 heterocycles. The second kappa shape index (κ2) is 5.12. The lowest BCUT2D eigenvalue weighted by molar-refractivity contribution is -0.134. The van der Waals surface area contributed by atoms with Crippen LogP contribution in [-0.4, -0.2) is 36.3 Å². The van der Waals surface area contributed by atoms with Gasteiger partial charge in [0.25, 0.3) is 0 Å². The van der Waals surface area contributed by atoms with Crippen molar-refractivity contribution >= 4 is 23.2 Å². The van der Waals surface area contributed by atoms with Gasteiger partial charge < -0.3 is 10.2 Å². The highest BCUT2D eigenvalue weighted by Gasteiger charge is 2.19. The number of carbonyl (C=O) groups excluding carboxylic acids is 2. The first-order valence-electron chi connectivity index (χ1n) is 5.32. The maximum atomic E-state index is 11.9. The molecule has 0 aromatic carbocycles. The molecule has 0 bridgehead atoms. The molecule has 0 unspecified atom stereocenters. The van der Waals surface area contributed by atoms with Crippen LogP contribution in [0.3, 0.4) is 0 Å². The van der Waals surface area contributed by atoms with Crippen molar-refractivity contribution in [1.82, 2.24) is 10.2 Å². The summed E-state index contributed by atoms with van der Waals surface area (Å²) in [6.45, 7) is 1.54. The topological polar surface area (TPSA) is 49.4 Å². The molecule has 0 radical (unpaired) electrons. The molecule has 1 saturated heterocycles. The van der Waals surface area contributed by atoms with Crippen molar-refractivity contribution in [3.05, 3.63) is 22.4 Å². The Morgan fingerprint density at radius 2 is 2.44 bits per heavy atom. The number of carbonyl (C=O) groups is 2. The van der Waals surface area contributed by atoms with Crippen LogP contribution < -0.4 is 5.32 Å². The van der Waals surface area contributed by atoms with E-state index in [1.165, 1.54) is 0 Å². The minimum absolute atomic E-state index is 0.0412. The Bertz CT molecular complexity index is 375. The van der Waals surface area contributed by atoms with E-state index in [1.54, 1.807) is 16.2 Å². The molecule has 1 aliphatic rings. The SMILES string of the molecule is O=C1CN(C(=O)Cc2cccs2)CCCN1. The van der Waals surface area contributed by atoms with Crippen molar-refractivity contribution in [2.45, 2.75) is 12.8 Å². The van der Waals surface area contributed by atoms with Crippen LogP contribution in [0.5, 0.6) is 0 Å². The monoisotopic (exact) mass is 238 g/mol. The number of amides is 2. The molecule has 0 atom stereocenters. The fourth-order valence-electron chi connectivity index (χ4n) is 1.69. The second-order valence-corrected chi connectivity index (χ2v) is 4.81. The molecule has 0 aliphatic carbocycles. The van der Waals surface area contributed by atoms with Gasteiger partial charge in [0.2, 0.25) is 11.8 Å². The summed E-state index contributed by atoms with van der Waals surface area (Å²) in [6, 6.07) is 3.88. The number of nitrogens with one attached hydrogen (secondary N) is 1. The first kappa shape index (κ1) is 11.1. The Balaban J connectivity index is 1.95. The van der Waals surface area contributed by atoms with Crippen LogP contribution in [0.4, 0.5) is 0 Å². The second-order valence-electron chi connectivity index (χ2n) is 3.77. The molecule has 5 heteroatoms. The van der Waals surface area contributed by atoms with E-state index in [2.05, 4.69) is 5.32 Å². The van der Waals surface area contributed by atoms with Crippen molar-refractivity contribution in [1.29, 1.82) is 0 Å². The molecule has 1 aliphatic heterocycles. The van der Waals surface area contributed by atoms with E-state index >= 15 is 0 Å². The maximum Gasteiger partial charge on any atom is 0.239 e. The van der Waals surface area contributed by atoms with Crippen molar-refractivity contribution < 1.29 is 9.59 Å². The van der Waals surface area contributed by atoms with Crippen molar-refractivity contribution in [2.24, 2.45) is 0 Å². The van der Waals surface area contributed by atoms with Crippen LogP contribution in [0.15, 0.2) is 17.5 Å². The zero-order chi connectivity index (χ0) is 11.4. The number of thiophene rings is 1. The van der Waals surface area contributed by atoms with Gasteiger partial charge in [-0.1, -0.05) is 6.07 Å². The van der Waals surface area contributed by atoms with E-state index in [4.69, 9.17) is 0 Å². The van der Waals surface area contributed by atoms with Gasteiger partial charge in [0, 0.05) is 18.0 Å². The van der Waals surface area contributed by atoms with E-state index in [0.717, 1.165) is 11.3 Å². The number of nitrogens with zero attached hydrogens (tertiary/aromatic N) is 1. The van der Waals surface area contributed by atoms with Gasteiger partial charge in [-0.25, -0.2) is 0 Å². The van der Waals surface area contributed by atoms with E-state index in [9.17, 15) is 9.59 Å². The molecule has 86 valence electrons. The molecular weight excluding hydrogens is 224 g/mol. The first-order chi connectivity index (χ1) is 7.75. The largest absolute Gasteiger partial charge is 0.354 e. The minimum atomic E-state index is -0.0583. The summed E-state index contributed by atoms with van der Waals surface area (Å²) >= 11 is 1.57. The summed E-state index contributed by atoms with van der Waals surface area (Å²) in [7, 11) is 0. The molecule has 4 nitrogen and oxygen atoms in total. The first-order valence-corrected chi connectivity index (χ1v) is 6.20. The highest BCUT2D eigenvalue weighted by atomic mass is 32.1. The highest BCUT2D eigenvalue weighted by molar-refractivity contribution is 7.10. The van der Waals surface area contributed by atoms with Gasteiger partial charge in [0.1, 0.15) is 0 Å². The van der Waals surface area contributed by atoms with E-state index in [1.807, 2.05) is 17.5 Å². The normalized spacial score (nSPS) is 16.8. The van der Waals surface area contributed by atoms with E-state index in [-0.39, 0.29) is 18.4 Å². The quantitative estimate of drug-likeness (QED) is 0.822. The number of hydrogen-bond donors (Lipinski definition) is 1. The lowest BCUT2D eigenvalue weighted by Crippen LogP contribution is -2.38. The van der Waals surface area contributed by atoms with E-state index in [0.29, 0.717) is 19.5 Å². The van der Waals surface area contributed by atoms with Crippen LogP contribution in [0.25, 0.3) is 0 Å². The summed E-state index contributed by atoms with van der Waals surface area (Å²) in [6.07, 6.45) is 1.24. The van der Waals surface area contributed by atoms with Gasteiger partial charge in [-0.15, -0.1) is 11.3 Å². The maximum absolute atomic E-state index is 11.9. The van der Waals surface area contributed by atoms with Gasteiger partial charge >= 0.3 is 0 Å². The third-order valence-electron chi connectivity index (χ3n) is 2.52. The Morgan fingerprint density at radius 1 is 1.56 bits per heavy atom. The summed E-state index contributed by atoms with van der Waals surface area (Å²) in [5.41, 5.74) is 0. The van der Waals surface area contributed by atoms with Crippen molar-refractivity contribution in [3.8, 4) is 0 Å². The van der Waals surface area contributed by atoms with Gasteiger partial charge in [-0.05, 0) is 17.9 Å². The fourth-order valence-corrected chi connectivity index (χ4v) is 2.39. The lowest BCUT2D eigenvalue weighted by Gasteiger charge is -2.18. The van der Waals surface area contributed by atoms with Crippen LogP contribution in [0.2, 0.25) is 0 Å². The van der Waals surface area contributed by atoms with Crippen molar-refractivity contribution in [2.75, 3.05) is 19.6 Å². The summed E-state index contributed by atoms with van der Waals surface area (Å²) in [4.78, 5) is 25.9. The average molecular weight is 238 g/mol. The Morgan fingerprint density at radius 3 is 3.19 bits per heavy atom. The number of rotatable bonds is 2. The molecule has 2 amide bonds. The Hall–Kier alpha value is -1.36. The third kappa shape index (κ3) is 2.82. The Kier molecular flexibility index (Phi) is 3.56. The van der Waals surface area contributed by atoms with Crippen LogP contribution in [0, 0.1) is 0 Å². The van der Waals surface area contributed by atoms with Gasteiger partial charge in [-0.3, -0.25) is 9.59 Å².